The number of alkyl carbamates (subject to hydrolysis) is 1. The molecule has 0 radical (unpaired) electrons. The molecule has 3 aromatic rings. The van der Waals surface area contributed by atoms with Crippen LogP contribution in [0.3, 0.4) is 0 Å². The molecule has 0 spiro atoms. The molecule has 0 fully saturated rings. The summed E-state index contributed by atoms with van der Waals surface area (Å²) in [5.74, 6) is 1.84. The zero-order chi connectivity index (χ0) is 31.7. The summed E-state index contributed by atoms with van der Waals surface area (Å²) in [5.41, 5.74) is 3.88. The Morgan fingerprint density at radius 1 is 0.930 bits per heavy atom. The number of carbonyl (C=O) groups excluding carboxylic acids is 3. The van der Waals surface area contributed by atoms with Crippen LogP contribution in [0.15, 0.2) is 72.8 Å². The third kappa shape index (κ3) is 8.96. The number of hydrogen-bond donors (Lipinski definition) is 2. The Morgan fingerprint density at radius 2 is 1.53 bits per heavy atom. The van der Waals surface area contributed by atoms with Gasteiger partial charge in [0.25, 0.3) is 5.91 Å². The van der Waals surface area contributed by atoms with E-state index in [1.54, 1.807) is 49.9 Å². The van der Waals surface area contributed by atoms with Gasteiger partial charge in [0.15, 0.2) is 0 Å². The normalized spacial score (nSPS) is 13.2. The number of aryl methyl sites for hydroxylation is 2. The molecule has 0 saturated heterocycles. The van der Waals surface area contributed by atoms with Crippen molar-refractivity contribution in [2.24, 2.45) is 0 Å². The van der Waals surface area contributed by atoms with Crippen molar-refractivity contribution >= 4 is 23.6 Å². The van der Waals surface area contributed by atoms with Gasteiger partial charge in [0.1, 0.15) is 17.7 Å². The number of anilines is 1. The van der Waals surface area contributed by atoms with E-state index in [0.29, 0.717) is 23.2 Å². The van der Waals surface area contributed by atoms with E-state index in [1.165, 1.54) is 0 Å². The summed E-state index contributed by atoms with van der Waals surface area (Å²) in [6, 6.07) is 19.9. The lowest BCUT2D eigenvalue weighted by Crippen LogP contribution is -2.55. The first-order valence-corrected chi connectivity index (χ1v) is 14.6. The second-order valence-corrected chi connectivity index (χ2v) is 11.8. The Labute approximate surface area is 256 Å². The molecule has 3 atom stereocenters. The van der Waals surface area contributed by atoms with Crippen LogP contribution in [0.4, 0.5) is 10.5 Å². The van der Waals surface area contributed by atoms with E-state index < -0.39 is 29.7 Å². The van der Waals surface area contributed by atoms with Crippen LogP contribution in [0.2, 0.25) is 0 Å². The van der Waals surface area contributed by atoms with Crippen LogP contribution in [-0.4, -0.2) is 40.5 Å². The van der Waals surface area contributed by atoms with Crippen LogP contribution in [0.25, 0.3) is 0 Å². The smallest absolute Gasteiger partial charge is 0.408 e. The van der Waals surface area contributed by atoms with E-state index in [0.717, 1.165) is 16.7 Å². The molecule has 0 aliphatic rings. The first kappa shape index (κ1) is 32.9. The molecule has 0 aliphatic heterocycles. The van der Waals surface area contributed by atoms with Crippen LogP contribution in [0, 0.1) is 26.2 Å². The van der Waals surface area contributed by atoms with Crippen LogP contribution < -0.4 is 10.6 Å². The van der Waals surface area contributed by atoms with Gasteiger partial charge in [0.05, 0.1) is 0 Å². The number of carbonyl (C=O) groups is 3. The maximum absolute atomic E-state index is 14.6. The zero-order valence-electron chi connectivity index (χ0n) is 26.2. The summed E-state index contributed by atoms with van der Waals surface area (Å²) in [6.45, 7) is 13.0. The Balaban J connectivity index is 2.12. The number of terminal acetylenes is 1. The van der Waals surface area contributed by atoms with Crippen LogP contribution in [0.1, 0.15) is 74.9 Å². The Morgan fingerprint density at radius 3 is 2.07 bits per heavy atom. The minimum absolute atomic E-state index is 0.215. The number of ether oxygens (including phenoxy) is 1. The standard InChI is InChI=1S/C36H43N3O4/c1-9-26(5)39(34(41)30(23-28-17-12-11-13-18-28)37-35(42)43-36(6,7)8)32(29-21-19-27(10-2)20-22-29)33(40)38-31-24(3)15-14-16-25(31)4/h2,11-22,26,30,32H,9,23H2,1,3-8H3,(H,37,42)(H,38,40). The van der Waals surface area contributed by atoms with Gasteiger partial charge < -0.3 is 20.3 Å². The van der Waals surface area contributed by atoms with E-state index in [-0.39, 0.29) is 18.4 Å². The molecule has 3 amide bonds. The maximum Gasteiger partial charge on any atom is 0.408 e. The summed E-state index contributed by atoms with van der Waals surface area (Å²) >= 11 is 0. The number of amides is 3. The quantitative estimate of drug-likeness (QED) is 0.260. The van der Waals surface area contributed by atoms with E-state index >= 15 is 0 Å². The van der Waals surface area contributed by atoms with Crippen LogP contribution >= 0.6 is 0 Å². The third-order valence-electron chi connectivity index (χ3n) is 7.24. The molecule has 43 heavy (non-hydrogen) atoms. The van der Waals surface area contributed by atoms with Crippen molar-refractivity contribution < 1.29 is 19.1 Å². The molecule has 3 rings (SSSR count). The Bertz CT molecular complexity index is 1430. The highest BCUT2D eigenvalue weighted by Gasteiger charge is 2.39. The minimum Gasteiger partial charge on any atom is -0.444 e. The molecular formula is C36H43N3O4. The van der Waals surface area contributed by atoms with Crippen molar-refractivity contribution in [3.8, 4) is 12.3 Å². The van der Waals surface area contributed by atoms with Crippen molar-refractivity contribution in [2.75, 3.05) is 5.32 Å². The van der Waals surface area contributed by atoms with Gasteiger partial charge in [0, 0.05) is 23.7 Å². The highest BCUT2D eigenvalue weighted by molar-refractivity contribution is 6.00. The zero-order valence-corrected chi connectivity index (χ0v) is 26.2. The molecule has 0 saturated carbocycles. The number of rotatable bonds is 10. The fourth-order valence-corrected chi connectivity index (χ4v) is 4.88. The maximum atomic E-state index is 14.6. The van der Waals surface area contributed by atoms with Crippen molar-refractivity contribution in [3.05, 3.63) is 101 Å². The molecule has 3 unspecified atom stereocenters. The molecule has 0 bridgehead atoms. The predicted octanol–water partition coefficient (Wildman–Crippen LogP) is 6.73. The number of nitrogens with zero attached hydrogens (tertiary/aromatic N) is 1. The number of hydrogen-bond acceptors (Lipinski definition) is 4. The average Bonchev–Trinajstić information content (AvgIpc) is 2.96. The van der Waals surface area contributed by atoms with Gasteiger partial charge in [-0.15, -0.1) is 6.42 Å². The van der Waals surface area contributed by atoms with Gasteiger partial charge in [-0.3, -0.25) is 9.59 Å². The van der Waals surface area contributed by atoms with Gasteiger partial charge >= 0.3 is 6.09 Å². The van der Waals surface area contributed by atoms with Gasteiger partial charge in [0.2, 0.25) is 5.91 Å². The van der Waals surface area contributed by atoms with Crippen molar-refractivity contribution in [1.82, 2.24) is 10.2 Å². The van der Waals surface area contributed by atoms with Gasteiger partial charge in [-0.2, -0.15) is 0 Å². The van der Waals surface area contributed by atoms with E-state index in [2.05, 4.69) is 16.6 Å². The lowest BCUT2D eigenvalue weighted by molar-refractivity contribution is -0.143. The number of benzene rings is 3. The Hall–Kier alpha value is -4.57. The first-order valence-electron chi connectivity index (χ1n) is 14.6. The first-order chi connectivity index (χ1) is 20.3. The molecule has 226 valence electrons. The fourth-order valence-electron chi connectivity index (χ4n) is 4.88. The summed E-state index contributed by atoms with van der Waals surface area (Å²) in [5, 5.41) is 5.90. The second kappa shape index (κ2) is 14.6. The van der Waals surface area contributed by atoms with Gasteiger partial charge in [-0.05, 0) is 82.3 Å². The van der Waals surface area contributed by atoms with Crippen molar-refractivity contribution in [2.45, 2.75) is 85.0 Å². The van der Waals surface area contributed by atoms with Crippen molar-refractivity contribution in [1.29, 1.82) is 0 Å². The SMILES string of the molecule is C#Cc1ccc(C(C(=O)Nc2c(C)cccc2C)N(C(=O)C(Cc2ccccc2)NC(=O)OC(C)(C)C)C(C)CC)cc1. The summed E-state index contributed by atoms with van der Waals surface area (Å²) in [4.78, 5) is 43.5. The lowest BCUT2D eigenvalue weighted by atomic mass is 9.97. The molecular weight excluding hydrogens is 538 g/mol. The highest BCUT2D eigenvalue weighted by Crippen LogP contribution is 2.30. The van der Waals surface area contributed by atoms with Crippen molar-refractivity contribution in [3.63, 3.8) is 0 Å². The lowest BCUT2D eigenvalue weighted by Gasteiger charge is -2.38. The number of para-hydroxylation sites is 1. The highest BCUT2D eigenvalue weighted by atomic mass is 16.6. The van der Waals surface area contributed by atoms with E-state index in [1.807, 2.05) is 76.2 Å². The second-order valence-electron chi connectivity index (χ2n) is 11.8. The monoisotopic (exact) mass is 581 g/mol. The minimum atomic E-state index is -1.01. The predicted molar refractivity (Wildman–Crippen MR) is 172 cm³/mol. The summed E-state index contributed by atoms with van der Waals surface area (Å²) < 4.78 is 5.53. The molecule has 7 nitrogen and oxygen atoms in total. The molecule has 0 aromatic heterocycles. The van der Waals surface area contributed by atoms with Gasteiger partial charge in [-0.1, -0.05) is 73.5 Å². The van der Waals surface area contributed by atoms with E-state index in [9.17, 15) is 14.4 Å². The summed E-state index contributed by atoms with van der Waals surface area (Å²) in [7, 11) is 0. The molecule has 0 aliphatic carbocycles. The van der Waals surface area contributed by atoms with Gasteiger partial charge in [-0.25, -0.2) is 4.79 Å². The average molecular weight is 582 g/mol. The largest absolute Gasteiger partial charge is 0.444 e. The summed E-state index contributed by atoms with van der Waals surface area (Å²) in [6.07, 6.45) is 5.69. The molecule has 0 heterocycles. The molecule has 3 aromatic carbocycles. The third-order valence-corrected chi connectivity index (χ3v) is 7.24. The van der Waals surface area contributed by atoms with E-state index in [4.69, 9.17) is 11.2 Å². The molecule has 7 heteroatoms. The topological polar surface area (TPSA) is 87.7 Å². The van der Waals surface area contributed by atoms with Crippen LogP contribution in [0.5, 0.6) is 0 Å². The molecule has 2 N–H and O–H groups in total. The fraction of sp³-hybridized carbons (Fsp3) is 0.361. The Kier molecular flexibility index (Phi) is 11.1. The van der Waals surface area contributed by atoms with Crippen LogP contribution in [-0.2, 0) is 20.7 Å². The number of nitrogens with one attached hydrogen (secondary N) is 2.